The molecule has 0 spiro atoms. The molecule has 0 N–H and O–H groups in total. The van der Waals surface area contributed by atoms with E-state index < -0.39 is 7.68 Å². The summed E-state index contributed by atoms with van der Waals surface area (Å²) in [5.41, 5.74) is 5.78. The van der Waals surface area contributed by atoms with Crippen molar-refractivity contribution in [2.45, 2.75) is 0 Å². The van der Waals surface area contributed by atoms with E-state index in [0.29, 0.717) is 5.30 Å². The first-order valence-corrected chi connectivity index (χ1v) is 10.9. The van der Waals surface area contributed by atoms with E-state index >= 15 is 0 Å². The number of para-hydroxylation sites is 1. The van der Waals surface area contributed by atoms with Crippen LogP contribution in [0.2, 0.25) is 0 Å². The molecule has 30 heavy (non-hydrogen) atoms. The molecule has 0 amide bonds. The minimum atomic E-state index is -2.75. The second-order valence-corrected chi connectivity index (χ2v) is 8.05. The first kappa shape index (κ1) is 18.4. The van der Waals surface area contributed by atoms with Gasteiger partial charge in [0.2, 0.25) is 0 Å². The van der Waals surface area contributed by atoms with Gasteiger partial charge in [-0.3, -0.25) is 0 Å². The Hall–Kier alpha value is -3.68. The van der Waals surface area contributed by atoms with Crippen LogP contribution in [-0.4, -0.2) is 4.57 Å². The van der Waals surface area contributed by atoms with E-state index in [4.69, 9.17) is 0 Å². The quantitative estimate of drug-likeness (QED) is 0.309. The standard InChI is InChI=1S/C26H18NO2P/c28-30(29)23-18-10-17-22-25(23)24(19-11-4-1-5-12-19)26(20-13-6-2-7-14-20)27(22)21-15-8-3-9-16-21/h1-18H. The summed E-state index contributed by atoms with van der Waals surface area (Å²) in [5, 5.41) is 1.09. The van der Waals surface area contributed by atoms with Crippen molar-refractivity contribution in [3.05, 3.63) is 109 Å². The molecule has 1 aromatic heterocycles. The van der Waals surface area contributed by atoms with Crippen LogP contribution in [-0.2, 0) is 9.13 Å². The van der Waals surface area contributed by atoms with Gasteiger partial charge >= 0.3 is 7.68 Å². The maximum absolute atomic E-state index is 12.2. The van der Waals surface area contributed by atoms with E-state index in [2.05, 4.69) is 16.7 Å². The topological polar surface area (TPSA) is 39.1 Å². The van der Waals surface area contributed by atoms with Crippen LogP contribution in [0.3, 0.4) is 0 Å². The predicted molar refractivity (Wildman–Crippen MR) is 122 cm³/mol. The van der Waals surface area contributed by atoms with Crippen LogP contribution in [0, 0.1) is 0 Å². The van der Waals surface area contributed by atoms with Crippen molar-refractivity contribution in [2.24, 2.45) is 0 Å². The highest BCUT2D eigenvalue weighted by molar-refractivity contribution is 7.41. The van der Waals surface area contributed by atoms with E-state index in [1.165, 1.54) is 0 Å². The minimum Gasteiger partial charge on any atom is -0.309 e. The fourth-order valence-corrected chi connectivity index (χ4v) is 4.69. The lowest BCUT2D eigenvalue weighted by atomic mass is 9.98. The molecule has 0 aliphatic rings. The predicted octanol–water partition coefficient (Wildman–Crippen LogP) is 6.76. The summed E-state index contributed by atoms with van der Waals surface area (Å²) in [4.78, 5) is 0. The first-order valence-electron chi connectivity index (χ1n) is 9.74. The Morgan fingerprint density at radius 3 is 1.73 bits per heavy atom. The lowest BCUT2D eigenvalue weighted by Crippen LogP contribution is -1.98. The van der Waals surface area contributed by atoms with Crippen LogP contribution in [0.1, 0.15) is 0 Å². The Balaban J connectivity index is 2.05. The van der Waals surface area contributed by atoms with Gasteiger partial charge in [-0.25, -0.2) is 9.13 Å². The molecule has 0 radical (unpaired) electrons. The maximum atomic E-state index is 12.2. The third-order valence-corrected chi connectivity index (χ3v) is 6.06. The summed E-state index contributed by atoms with van der Waals surface area (Å²) in [7, 11) is -2.75. The Morgan fingerprint density at radius 1 is 0.567 bits per heavy atom. The van der Waals surface area contributed by atoms with E-state index in [1.807, 2.05) is 91.0 Å². The maximum Gasteiger partial charge on any atom is 0.349 e. The Kier molecular flexibility index (Phi) is 4.66. The molecule has 0 saturated carbocycles. The molecule has 4 aromatic carbocycles. The van der Waals surface area contributed by atoms with Crippen LogP contribution in [0.15, 0.2) is 109 Å². The van der Waals surface area contributed by atoms with Gasteiger partial charge in [0.25, 0.3) is 0 Å². The van der Waals surface area contributed by atoms with Gasteiger partial charge in [-0.1, -0.05) is 84.9 Å². The SMILES string of the molecule is O=P(=O)c1cccc2c1c(-c1ccccc1)c(-c1ccccc1)n2-c1ccccc1. The second-order valence-electron chi connectivity index (χ2n) is 7.05. The lowest BCUT2D eigenvalue weighted by Gasteiger charge is -2.13. The highest BCUT2D eigenvalue weighted by Gasteiger charge is 2.24. The largest absolute Gasteiger partial charge is 0.349 e. The smallest absolute Gasteiger partial charge is 0.309 e. The molecule has 0 fully saturated rings. The highest BCUT2D eigenvalue weighted by atomic mass is 31.1. The Labute approximate surface area is 175 Å². The molecule has 0 saturated heterocycles. The average Bonchev–Trinajstić information content (AvgIpc) is 3.16. The highest BCUT2D eigenvalue weighted by Crippen LogP contribution is 2.42. The molecule has 4 heteroatoms. The number of fused-ring (bicyclic) bond motifs is 1. The van der Waals surface area contributed by atoms with Crippen LogP contribution in [0.5, 0.6) is 0 Å². The summed E-state index contributed by atoms with van der Waals surface area (Å²) in [6.45, 7) is 0. The van der Waals surface area contributed by atoms with Gasteiger partial charge in [-0.15, -0.1) is 0 Å². The summed E-state index contributed by atoms with van der Waals surface area (Å²) >= 11 is 0. The second kappa shape index (κ2) is 7.62. The van der Waals surface area contributed by atoms with Crippen molar-refractivity contribution >= 4 is 23.9 Å². The zero-order valence-corrected chi connectivity index (χ0v) is 17.0. The molecule has 5 rings (SSSR count). The van der Waals surface area contributed by atoms with Gasteiger partial charge in [0.15, 0.2) is 0 Å². The summed E-state index contributed by atoms with van der Waals surface area (Å²) in [5.74, 6) is 0. The molecule has 0 atom stereocenters. The lowest BCUT2D eigenvalue weighted by molar-refractivity contribution is 0.523. The van der Waals surface area contributed by atoms with Crippen LogP contribution in [0.25, 0.3) is 39.0 Å². The van der Waals surface area contributed by atoms with Crippen LogP contribution in [0.4, 0.5) is 0 Å². The van der Waals surface area contributed by atoms with Gasteiger partial charge in [0.1, 0.15) is 0 Å². The monoisotopic (exact) mass is 407 g/mol. The molecule has 3 nitrogen and oxygen atoms in total. The Morgan fingerprint density at radius 2 is 1.13 bits per heavy atom. The number of nitrogens with zero attached hydrogens (tertiary/aromatic N) is 1. The molecule has 0 aliphatic carbocycles. The van der Waals surface area contributed by atoms with Gasteiger partial charge in [0.05, 0.1) is 16.5 Å². The number of hydrogen-bond acceptors (Lipinski definition) is 2. The van der Waals surface area contributed by atoms with E-state index in [-0.39, 0.29) is 0 Å². The fourth-order valence-electron chi connectivity index (χ4n) is 4.07. The zero-order valence-electron chi connectivity index (χ0n) is 16.1. The van der Waals surface area contributed by atoms with Crippen molar-refractivity contribution in [3.8, 4) is 28.1 Å². The summed E-state index contributed by atoms with van der Waals surface area (Å²) < 4.78 is 26.6. The molecule has 1 heterocycles. The molecule has 144 valence electrons. The fraction of sp³-hybridized carbons (Fsp3) is 0. The Bertz CT molecular complexity index is 1400. The van der Waals surface area contributed by atoms with E-state index in [1.54, 1.807) is 6.07 Å². The molecular weight excluding hydrogens is 389 g/mol. The van der Waals surface area contributed by atoms with Gasteiger partial charge in [0, 0.05) is 16.6 Å². The van der Waals surface area contributed by atoms with E-state index in [9.17, 15) is 9.13 Å². The molecule has 5 aromatic rings. The van der Waals surface area contributed by atoms with Crippen molar-refractivity contribution in [3.63, 3.8) is 0 Å². The first-order chi connectivity index (χ1) is 14.8. The van der Waals surface area contributed by atoms with Crippen molar-refractivity contribution in [2.75, 3.05) is 0 Å². The number of hydrogen-bond donors (Lipinski definition) is 0. The van der Waals surface area contributed by atoms with E-state index in [0.717, 1.165) is 39.0 Å². The molecule has 0 aliphatic heterocycles. The average molecular weight is 407 g/mol. The van der Waals surface area contributed by atoms with Gasteiger partial charge < -0.3 is 4.57 Å². The summed E-state index contributed by atoms with van der Waals surface area (Å²) in [6.07, 6.45) is 0. The molecular formula is C26H18NO2P. The third-order valence-electron chi connectivity index (χ3n) is 5.29. The van der Waals surface area contributed by atoms with Crippen molar-refractivity contribution in [1.29, 1.82) is 0 Å². The number of benzene rings is 4. The van der Waals surface area contributed by atoms with Gasteiger partial charge in [-0.05, 0) is 35.4 Å². The normalized spacial score (nSPS) is 10.9. The van der Waals surface area contributed by atoms with Gasteiger partial charge in [-0.2, -0.15) is 0 Å². The van der Waals surface area contributed by atoms with Crippen LogP contribution >= 0.6 is 7.68 Å². The van der Waals surface area contributed by atoms with Crippen molar-refractivity contribution < 1.29 is 9.13 Å². The van der Waals surface area contributed by atoms with Crippen molar-refractivity contribution in [1.82, 2.24) is 4.57 Å². The number of rotatable bonds is 4. The number of aromatic nitrogens is 1. The summed E-state index contributed by atoms with van der Waals surface area (Å²) in [6, 6.07) is 35.7. The zero-order chi connectivity index (χ0) is 20.5. The van der Waals surface area contributed by atoms with Crippen LogP contribution < -0.4 is 5.30 Å². The molecule has 0 unspecified atom stereocenters. The minimum absolute atomic E-state index is 0.341. The third kappa shape index (κ3) is 3.01. The molecule has 0 bridgehead atoms.